The van der Waals surface area contributed by atoms with Gasteiger partial charge >= 0.3 is 5.97 Å². The fraction of sp³-hybridized carbons (Fsp3) is 0.412. The highest BCUT2D eigenvalue weighted by Crippen LogP contribution is 2.33. The topological polar surface area (TPSA) is 96.5 Å². The molecule has 0 saturated heterocycles. The van der Waals surface area contributed by atoms with Crippen LogP contribution in [0.5, 0.6) is 5.75 Å². The smallest absolute Gasteiger partial charge is 0.303 e. The molecule has 0 N–H and O–H groups in total. The number of nitro groups is 1. The van der Waals surface area contributed by atoms with Crippen LogP contribution < -0.4 is 4.74 Å². The maximum Gasteiger partial charge on any atom is 0.303 e. The number of esters is 1. The number of nitro benzene ring substituents is 1. The molecule has 25 heavy (non-hydrogen) atoms. The molecule has 8 heteroatoms. The standard InChI is InChI=1S/C17H21N3O5/c1-12(21)24-15(17(2,3)4)16(19-10-9-18-11-19)25-14-7-5-13(6-8-14)20(22)23/h5-11,15-16H,1-4H3. The third-order valence-corrected chi connectivity index (χ3v) is 3.53. The molecule has 2 atom stereocenters. The summed E-state index contributed by atoms with van der Waals surface area (Å²) < 4.78 is 13.2. The molecular weight excluding hydrogens is 326 g/mol. The van der Waals surface area contributed by atoms with E-state index in [-0.39, 0.29) is 5.69 Å². The lowest BCUT2D eigenvalue weighted by atomic mass is 9.87. The average Bonchev–Trinajstić information content (AvgIpc) is 3.04. The van der Waals surface area contributed by atoms with Crippen LogP contribution in [0.25, 0.3) is 0 Å². The van der Waals surface area contributed by atoms with Crippen LogP contribution in [0, 0.1) is 15.5 Å². The van der Waals surface area contributed by atoms with Gasteiger partial charge in [0.2, 0.25) is 6.23 Å². The van der Waals surface area contributed by atoms with Gasteiger partial charge in [-0.15, -0.1) is 0 Å². The molecule has 0 radical (unpaired) electrons. The molecule has 0 aliphatic heterocycles. The lowest BCUT2D eigenvalue weighted by molar-refractivity contribution is -0.384. The Morgan fingerprint density at radius 3 is 2.36 bits per heavy atom. The summed E-state index contributed by atoms with van der Waals surface area (Å²) in [6, 6.07) is 5.74. The highest BCUT2D eigenvalue weighted by Gasteiger charge is 2.38. The van der Waals surface area contributed by atoms with Crippen LogP contribution in [0.1, 0.15) is 33.9 Å². The molecule has 1 aromatic heterocycles. The van der Waals surface area contributed by atoms with E-state index in [0.29, 0.717) is 5.75 Å². The Labute approximate surface area is 145 Å². The van der Waals surface area contributed by atoms with Gasteiger partial charge in [-0.2, -0.15) is 0 Å². The van der Waals surface area contributed by atoms with Crippen molar-refractivity contribution in [1.82, 2.24) is 9.55 Å². The van der Waals surface area contributed by atoms with Gasteiger partial charge in [0.15, 0.2) is 6.10 Å². The van der Waals surface area contributed by atoms with E-state index in [1.807, 2.05) is 20.8 Å². The monoisotopic (exact) mass is 347 g/mol. The van der Waals surface area contributed by atoms with Crippen molar-refractivity contribution in [2.75, 3.05) is 0 Å². The first-order valence-electron chi connectivity index (χ1n) is 7.74. The van der Waals surface area contributed by atoms with Gasteiger partial charge in [-0.1, -0.05) is 20.8 Å². The Balaban J connectivity index is 2.35. The molecule has 134 valence electrons. The molecule has 1 aromatic carbocycles. The summed E-state index contributed by atoms with van der Waals surface area (Å²) in [5.74, 6) is 0.00282. The first-order chi connectivity index (χ1) is 11.7. The Morgan fingerprint density at radius 1 is 1.28 bits per heavy atom. The number of hydrogen-bond acceptors (Lipinski definition) is 6. The molecule has 0 aliphatic carbocycles. The fourth-order valence-electron chi connectivity index (χ4n) is 2.33. The summed E-state index contributed by atoms with van der Waals surface area (Å²) in [6.07, 6.45) is 3.60. The van der Waals surface area contributed by atoms with Gasteiger partial charge in [-0.3, -0.25) is 19.5 Å². The van der Waals surface area contributed by atoms with Gasteiger partial charge < -0.3 is 9.47 Å². The van der Waals surface area contributed by atoms with Crippen LogP contribution in [-0.4, -0.2) is 26.5 Å². The summed E-state index contributed by atoms with van der Waals surface area (Å²) in [6.45, 7) is 7.15. The van der Waals surface area contributed by atoms with Gasteiger partial charge in [0, 0.05) is 36.9 Å². The number of imidazole rings is 1. The second-order valence-corrected chi connectivity index (χ2v) is 6.67. The Kier molecular flexibility index (Phi) is 5.41. The zero-order valence-corrected chi connectivity index (χ0v) is 14.6. The third-order valence-electron chi connectivity index (χ3n) is 3.53. The van der Waals surface area contributed by atoms with Crippen molar-refractivity contribution < 1.29 is 19.2 Å². The van der Waals surface area contributed by atoms with E-state index in [1.54, 1.807) is 23.3 Å². The van der Waals surface area contributed by atoms with E-state index in [2.05, 4.69) is 4.98 Å². The number of hydrogen-bond donors (Lipinski definition) is 0. The zero-order chi connectivity index (χ0) is 18.6. The third kappa shape index (κ3) is 4.79. The summed E-state index contributed by atoms with van der Waals surface area (Å²) in [7, 11) is 0. The first kappa shape index (κ1) is 18.4. The minimum atomic E-state index is -0.673. The molecule has 2 rings (SSSR count). The predicted octanol–water partition coefficient (Wildman–Crippen LogP) is 3.35. The van der Waals surface area contributed by atoms with Crippen molar-refractivity contribution in [3.8, 4) is 5.75 Å². The lowest BCUT2D eigenvalue weighted by Gasteiger charge is -2.36. The second-order valence-electron chi connectivity index (χ2n) is 6.67. The minimum Gasteiger partial charge on any atom is -0.466 e. The molecule has 1 heterocycles. The van der Waals surface area contributed by atoms with Crippen molar-refractivity contribution >= 4 is 11.7 Å². The molecule has 2 unspecified atom stereocenters. The van der Waals surface area contributed by atoms with Gasteiger partial charge in [0.05, 0.1) is 11.3 Å². The second kappa shape index (κ2) is 7.33. The molecule has 0 saturated carbocycles. The SMILES string of the molecule is CC(=O)OC(C(Oc1ccc([N+](=O)[O-])cc1)n1ccnc1)C(C)(C)C. The maximum absolute atomic E-state index is 11.6. The van der Waals surface area contributed by atoms with Gasteiger partial charge in [-0.05, 0) is 12.1 Å². The zero-order valence-electron chi connectivity index (χ0n) is 14.6. The predicted molar refractivity (Wildman–Crippen MR) is 90.0 cm³/mol. The average molecular weight is 347 g/mol. The Hall–Kier alpha value is -2.90. The highest BCUT2D eigenvalue weighted by atomic mass is 16.6. The summed E-state index contributed by atoms with van der Waals surface area (Å²) in [5, 5.41) is 10.8. The number of non-ortho nitro benzene ring substituents is 1. The molecule has 0 aliphatic rings. The van der Waals surface area contributed by atoms with Crippen LogP contribution in [0.2, 0.25) is 0 Å². The highest BCUT2D eigenvalue weighted by molar-refractivity contribution is 5.66. The Bertz CT molecular complexity index is 720. The van der Waals surface area contributed by atoms with Crippen LogP contribution in [0.15, 0.2) is 43.0 Å². The summed E-state index contributed by atoms with van der Waals surface area (Å²) in [5.41, 5.74) is -0.444. The van der Waals surface area contributed by atoms with E-state index in [9.17, 15) is 14.9 Å². The molecule has 8 nitrogen and oxygen atoms in total. The van der Waals surface area contributed by atoms with Gasteiger partial charge in [-0.25, -0.2) is 4.98 Å². The van der Waals surface area contributed by atoms with Crippen LogP contribution >= 0.6 is 0 Å². The van der Waals surface area contributed by atoms with Crippen molar-refractivity contribution in [2.24, 2.45) is 5.41 Å². The minimum absolute atomic E-state index is 0.0288. The molecule has 0 fully saturated rings. The van der Waals surface area contributed by atoms with Crippen molar-refractivity contribution in [3.63, 3.8) is 0 Å². The van der Waals surface area contributed by atoms with Crippen LogP contribution in [0.3, 0.4) is 0 Å². The van der Waals surface area contributed by atoms with E-state index in [4.69, 9.17) is 9.47 Å². The first-order valence-corrected chi connectivity index (χ1v) is 7.74. The number of rotatable bonds is 6. The number of nitrogens with zero attached hydrogens (tertiary/aromatic N) is 3. The van der Waals surface area contributed by atoms with Crippen LogP contribution in [-0.2, 0) is 9.53 Å². The quantitative estimate of drug-likeness (QED) is 0.452. The fourth-order valence-corrected chi connectivity index (χ4v) is 2.33. The number of ether oxygens (including phenoxy) is 2. The normalized spacial score (nSPS) is 13.8. The summed E-state index contributed by atoms with van der Waals surface area (Å²) in [4.78, 5) is 25.9. The number of carbonyl (C=O) groups excluding carboxylic acids is 1. The van der Waals surface area contributed by atoms with E-state index < -0.39 is 28.6 Å². The summed E-state index contributed by atoms with van der Waals surface area (Å²) >= 11 is 0. The van der Waals surface area contributed by atoms with Gasteiger partial charge in [0.1, 0.15) is 5.75 Å². The maximum atomic E-state index is 11.6. The molecule has 0 spiro atoms. The Morgan fingerprint density at radius 2 is 1.92 bits per heavy atom. The molecule has 2 aromatic rings. The molecular formula is C17H21N3O5. The molecule has 0 bridgehead atoms. The largest absolute Gasteiger partial charge is 0.466 e. The van der Waals surface area contributed by atoms with E-state index in [1.165, 1.54) is 31.2 Å². The molecule has 0 amide bonds. The lowest BCUT2D eigenvalue weighted by Crippen LogP contribution is -2.41. The number of aromatic nitrogens is 2. The number of carbonyl (C=O) groups is 1. The van der Waals surface area contributed by atoms with Crippen molar-refractivity contribution in [1.29, 1.82) is 0 Å². The number of benzene rings is 1. The van der Waals surface area contributed by atoms with Gasteiger partial charge in [0.25, 0.3) is 5.69 Å². The van der Waals surface area contributed by atoms with E-state index >= 15 is 0 Å². The van der Waals surface area contributed by atoms with Crippen molar-refractivity contribution in [2.45, 2.75) is 40.0 Å². The van der Waals surface area contributed by atoms with Crippen molar-refractivity contribution in [3.05, 3.63) is 53.1 Å². The van der Waals surface area contributed by atoms with Crippen LogP contribution in [0.4, 0.5) is 5.69 Å². The van der Waals surface area contributed by atoms with E-state index in [0.717, 1.165) is 0 Å².